The molecule has 8 heteroatoms. The van der Waals surface area contributed by atoms with Gasteiger partial charge in [0.15, 0.2) is 0 Å². The van der Waals surface area contributed by atoms with Crippen molar-refractivity contribution in [2.24, 2.45) is 0 Å². The number of thioether (sulfide) groups is 1. The van der Waals surface area contributed by atoms with Gasteiger partial charge in [0.25, 0.3) is 11.1 Å². The lowest BCUT2D eigenvalue weighted by Crippen LogP contribution is -2.27. The highest BCUT2D eigenvalue weighted by Crippen LogP contribution is 2.26. The van der Waals surface area contributed by atoms with E-state index in [0.717, 1.165) is 10.4 Å². The molecule has 0 aliphatic carbocycles. The second kappa shape index (κ2) is 8.07. The van der Waals surface area contributed by atoms with Gasteiger partial charge in [-0.1, -0.05) is 30.0 Å². The molecule has 1 aromatic carbocycles. The van der Waals surface area contributed by atoms with Crippen LogP contribution in [0.3, 0.4) is 0 Å². The molecule has 0 saturated heterocycles. The Labute approximate surface area is 146 Å². The Bertz CT molecular complexity index is 788. The maximum absolute atomic E-state index is 12.8. The van der Waals surface area contributed by atoms with Crippen LogP contribution in [0.15, 0.2) is 51.4 Å². The number of thiophene rings is 1. The molecule has 24 heavy (non-hydrogen) atoms. The van der Waals surface area contributed by atoms with E-state index in [1.807, 2.05) is 17.5 Å². The van der Waals surface area contributed by atoms with E-state index in [1.165, 1.54) is 35.2 Å². The minimum atomic E-state index is -0.263. The van der Waals surface area contributed by atoms with Crippen LogP contribution in [0.1, 0.15) is 5.56 Å². The van der Waals surface area contributed by atoms with Crippen molar-refractivity contribution in [1.82, 2.24) is 15.5 Å². The van der Waals surface area contributed by atoms with Crippen LogP contribution in [-0.2, 0) is 11.2 Å². The number of hydrogen-bond acceptors (Lipinski definition) is 6. The average Bonchev–Trinajstić information content (AvgIpc) is 3.26. The van der Waals surface area contributed by atoms with E-state index < -0.39 is 0 Å². The number of benzene rings is 1. The molecule has 2 heterocycles. The number of amides is 1. The highest BCUT2D eigenvalue weighted by Gasteiger charge is 2.11. The fourth-order valence-electron chi connectivity index (χ4n) is 1.94. The largest absolute Gasteiger partial charge is 0.410 e. The third-order valence-electron chi connectivity index (χ3n) is 3.11. The van der Waals surface area contributed by atoms with Gasteiger partial charge in [0.2, 0.25) is 5.91 Å². The second-order valence-electron chi connectivity index (χ2n) is 4.87. The molecule has 124 valence electrons. The number of nitrogens with one attached hydrogen (secondary N) is 1. The number of halogens is 1. The smallest absolute Gasteiger partial charge is 0.277 e. The fraction of sp³-hybridized carbons (Fsp3) is 0.188. The molecule has 0 fully saturated rings. The van der Waals surface area contributed by atoms with Gasteiger partial charge in [-0.25, -0.2) is 4.39 Å². The SMILES string of the molecule is O=C(CSc1nnc(-c2cccs2)o1)NCCc1ccc(F)cc1. The summed E-state index contributed by atoms with van der Waals surface area (Å²) < 4.78 is 18.3. The number of aromatic nitrogens is 2. The third-order valence-corrected chi connectivity index (χ3v) is 4.79. The number of nitrogens with zero attached hydrogens (tertiary/aromatic N) is 2. The summed E-state index contributed by atoms with van der Waals surface area (Å²) in [6.07, 6.45) is 0.653. The van der Waals surface area contributed by atoms with Gasteiger partial charge in [-0.05, 0) is 35.6 Å². The zero-order valence-electron chi connectivity index (χ0n) is 12.6. The van der Waals surface area contributed by atoms with Crippen LogP contribution in [0.4, 0.5) is 4.39 Å². The van der Waals surface area contributed by atoms with Crippen molar-refractivity contribution in [2.45, 2.75) is 11.6 Å². The molecule has 1 N–H and O–H groups in total. The topological polar surface area (TPSA) is 68.0 Å². The van der Waals surface area contributed by atoms with E-state index in [9.17, 15) is 9.18 Å². The Morgan fingerprint density at radius 1 is 1.25 bits per heavy atom. The molecule has 0 bridgehead atoms. The first-order chi connectivity index (χ1) is 11.7. The molecule has 3 rings (SSSR count). The zero-order chi connectivity index (χ0) is 16.8. The minimum absolute atomic E-state index is 0.113. The van der Waals surface area contributed by atoms with Crippen molar-refractivity contribution in [3.63, 3.8) is 0 Å². The van der Waals surface area contributed by atoms with Gasteiger partial charge < -0.3 is 9.73 Å². The third kappa shape index (κ3) is 4.65. The normalized spacial score (nSPS) is 10.7. The van der Waals surface area contributed by atoms with E-state index in [4.69, 9.17) is 4.42 Å². The molecule has 3 aromatic rings. The molecule has 0 saturated carbocycles. The van der Waals surface area contributed by atoms with E-state index in [-0.39, 0.29) is 17.5 Å². The maximum Gasteiger partial charge on any atom is 0.277 e. The standard InChI is InChI=1S/C16H14FN3O2S2/c17-12-5-3-11(4-6-12)7-8-18-14(21)10-24-16-20-19-15(22-16)13-2-1-9-23-13/h1-6,9H,7-8,10H2,(H,18,21). The van der Waals surface area contributed by atoms with Crippen molar-refractivity contribution >= 4 is 29.0 Å². The minimum Gasteiger partial charge on any atom is -0.410 e. The molecule has 1 amide bonds. The number of hydrogen-bond donors (Lipinski definition) is 1. The van der Waals surface area contributed by atoms with Crippen LogP contribution in [0, 0.1) is 5.82 Å². The first kappa shape index (κ1) is 16.7. The van der Waals surface area contributed by atoms with Gasteiger partial charge in [0.1, 0.15) is 5.82 Å². The highest BCUT2D eigenvalue weighted by atomic mass is 32.2. The van der Waals surface area contributed by atoms with E-state index in [2.05, 4.69) is 15.5 Å². The monoisotopic (exact) mass is 363 g/mol. The van der Waals surface area contributed by atoms with Crippen molar-refractivity contribution in [1.29, 1.82) is 0 Å². The van der Waals surface area contributed by atoms with Crippen molar-refractivity contribution in [3.05, 3.63) is 53.2 Å². The van der Waals surface area contributed by atoms with Crippen LogP contribution in [0.25, 0.3) is 10.8 Å². The summed E-state index contributed by atoms with van der Waals surface area (Å²) in [7, 11) is 0. The number of rotatable bonds is 7. The summed E-state index contributed by atoms with van der Waals surface area (Å²) in [6, 6.07) is 10.0. The molecule has 0 aliphatic rings. The van der Waals surface area contributed by atoms with E-state index in [1.54, 1.807) is 12.1 Å². The summed E-state index contributed by atoms with van der Waals surface area (Å²) in [5.74, 6) is 0.290. The predicted octanol–water partition coefficient (Wildman–Crippen LogP) is 3.39. The first-order valence-corrected chi connectivity index (χ1v) is 9.08. The van der Waals surface area contributed by atoms with Gasteiger partial charge >= 0.3 is 0 Å². The quantitative estimate of drug-likeness (QED) is 0.652. The maximum atomic E-state index is 12.8. The van der Waals surface area contributed by atoms with Gasteiger partial charge in [-0.15, -0.1) is 21.5 Å². The molecule has 2 aromatic heterocycles. The Balaban J connectivity index is 1.40. The number of carbonyl (C=O) groups is 1. The highest BCUT2D eigenvalue weighted by molar-refractivity contribution is 7.99. The van der Waals surface area contributed by atoms with Gasteiger partial charge in [0.05, 0.1) is 10.6 Å². The van der Waals surface area contributed by atoms with Crippen LogP contribution in [0.5, 0.6) is 0 Å². The molecule has 0 aliphatic heterocycles. The number of carbonyl (C=O) groups excluding carboxylic acids is 1. The Kier molecular flexibility index (Phi) is 5.60. The summed E-state index contributed by atoms with van der Waals surface area (Å²) >= 11 is 2.71. The lowest BCUT2D eigenvalue weighted by Gasteiger charge is -2.04. The van der Waals surface area contributed by atoms with Crippen molar-refractivity contribution in [2.75, 3.05) is 12.3 Å². The Hall–Kier alpha value is -2.19. The lowest BCUT2D eigenvalue weighted by molar-refractivity contribution is -0.118. The molecule has 0 radical (unpaired) electrons. The van der Waals surface area contributed by atoms with Gasteiger partial charge in [-0.2, -0.15) is 0 Å². The molecule has 5 nitrogen and oxygen atoms in total. The second-order valence-corrected chi connectivity index (χ2v) is 6.74. The zero-order valence-corrected chi connectivity index (χ0v) is 14.2. The lowest BCUT2D eigenvalue weighted by atomic mass is 10.1. The Morgan fingerprint density at radius 3 is 2.83 bits per heavy atom. The fourth-order valence-corrected chi connectivity index (χ4v) is 3.18. The molecule has 0 spiro atoms. The molecule has 0 atom stereocenters. The van der Waals surface area contributed by atoms with E-state index >= 15 is 0 Å². The van der Waals surface area contributed by atoms with Gasteiger partial charge in [-0.3, -0.25) is 4.79 Å². The average molecular weight is 363 g/mol. The van der Waals surface area contributed by atoms with E-state index in [0.29, 0.717) is 24.1 Å². The molecular formula is C16H14FN3O2S2. The van der Waals surface area contributed by atoms with Gasteiger partial charge in [0, 0.05) is 6.54 Å². The van der Waals surface area contributed by atoms with Crippen LogP contribution in [0.2, 0.25) is 0 Å². The summed E-state index contributed by atoms with van der Waals surface area (Å²) in [5.41, 5.74) is 0.974. The first-order valence-electron chi connectivity index (χ1n) is 7.22. The van der Waals surface area contributed by atoms with Crippen LogP contribution in [-0.4, -0.2) is 28.4 Å². The van der Waals surface area contributed by atoms with Crippen molar-refractivity contribution in [3.8, 4) is 10.8 Å². The van der Waals surface area contributed by atoms with Crippen molar-refractivity contribution < 1.29 is 13.6 Å². The van der Waals surface area contributed by atoms with Crippen LogP contribution < -0.4 is 5.32 Å². The summed E-state index contributed by atoms with van der Waals surface area (Å²) in [4.78, 5) is 12.7. The molecular weight excluding hydrogens is 349 g/mol. The Morgan fingerprint density at radius 2 is 2.08 bits per heavy atom. The molecule has 0 unspecified atom stereocenters. The summed E-state index contributed by atoms with van der Waals surface area (Å²) in [5, 5.41) is 13.0. The predicted molar refractivity (Wildman–Crippen MR) is 91.4 cm³/mol. The summed E-state index contributed by atoms with van der Waals surface area (Å²) in [6.45, 7) is 0.495. The van der Waals surface area contributed by atoms with Crippen LogP contribution >= 0.6 is 23.1 Å².